The predicted molar refractivity (Wildman–Crippen MR) is 121 cm³/mol. The van der Waals surface area contributed by atoms with E-state index < -0.39 is 17.9 Å². The normalized spacial score (nSPS) is 14.6. The van der Waals surface area contributed by atoms with Crippen LogP contribution < -0.4 is 5.32 Å². The van der Waals surface area contributed by atoms with Crippen LogP contribution in [0.1, 0.15) is 39.4 Å². The molecule has 1 aliphatic heterocycles. The van der Waals surface area contributed by atoms with Gasteiger partial charge >= 0.3 is 11.9 Å². The van der Waals surface area contributed by atoms with E-state index in [4.69, 9.17) is 13.9 Å². The predicted octanol–water partition coefficient (Wildman–Crippen LogP) is 4.91. The Morgan fingerprint density at radius 3 is 1.97 bits per heavy atom. The second-order valence-corrected chi connectivity index (χ2v) is 8.03. The second-order valence-electron chi connectivity index (χ2n) is 6.79. The molecule has 1 aromatic heterocycles. The van der Waals surface area contributed by atoms with Crippen LogP contribution in [0.15, 0.2) is 63.4 Å². The van der Waals surface area contributed by atoms with Gasteiger partial charge in [-0.3, -0.25) is 0 Å². The maximum atomic E-state index is 12.8. The molecule has 0 amide bonds. The summed E-state index contributed by atoms with van der Waals surface area (Å²) in [5.41, 5.74) is 2.84. The van der Waals surface area contributed by atoms with Crippen molar-refractivity contribution in [2.45, 2.75) is 33.6 Å². The maximum absolute atomic E-state index is 12.8. The Bertz CT molecular complexity index is 976. The number of hydrogen-bond donors (Lipinski definition) is 1. The summed E-state index contributed by atoms with van der Waals surface area (Å²) in [5.74, 6) is -0.568. The number of hydrogen-bond acceptors (Lipinski definition) is 6. The number of ether oxygens (including phenoxy) is 2. The Balaban J connectivity index is 2.11. The van der Waals surface area contributed by atoms with E-state index in [1.165, 1.54) is 0 Å². The van der Waals surface area contributed by atoms with Gasteiger partial charge < -0.3 is 19.2 Å². The van der Waals surface area contributed by atoms with Crippen LogP contribution in [-0.4, -0.2) is 25.2 Å². The average molecular weight is 521 g/mol. The van der Waals surface area contributed by atoms with Crippen molar-refractivity contribution in [1.82, 2.24) is 5.32 Å². The number of rotatable bonds is 6. The van der Waals surface area contributed by atoms with Crippen molar-refractivity contribution in [3.05, 3.63) is 68.3 Å². The van der Waals surface area contributed by atoms with E-state index in [-0.39, 0.29) is 13.2 Å². The molecule has 1 aliphatic rings. The molecule has 1 N–H and O–H groups in total. The number of allylic oxidation sites excluding steroid dienone is 2. The highest BCUT2D eigenvalue weighted by Crippen LogP contribution is 2.41. The van der Waals surface area contributed by atoms with Gasteiger partial charge in [-0.25, -0.2) is 9.59 Å². The van der Waals surface area contributed by atoms with Gasteiger partial charge in [-0.1, -0.05) is 12.1 Å². The quantitative estimate of drug-likeness (QED) is 0.430. The maximum Gasteiger partial charge on any atom is 0.336 e. The summed E-state index contributed by atoms with van der Waals surface area (Å²) in [6.07, 6.45) is 0. The van der Waals surface area contributed by atoms with E-state index >= 15 is 0 Å². The fourth-order valence-corrected chi connectivity index (χ4v) is 3.87. The first-order valence-corrected chi connectivity index (χ1v) is 10.8. The molecule has 158 valence electrons. The molecule has 3 rings (SSSR count). The molecule has 0 bridgehead atoms. The number of benzene rings is 1. The van der Waals surface area contributed by atoms with Gasteiger partial charge in [-0.05, 0) is 74.6 Å². The minimum absolute atomic E-state index is 0.228. The zero-order chi connectivity index (χ0) is 21.8. The van der Waals surface area contributed by atoms with Crippen molar-refractivity contribution in [3.63, 3.8) is 0 Å². The van der Waals surface area contributed by atoms with Crippen molar-refractivity contribution in [1.29, 1.82) is 0 Å². The molecule has 7 heteroatoms. The lowest BCUT2D eigenvalue weighted by Gasteiger charge is -2.28. The third-order valence-electron chi connectivity index (χ3n) is 4.79. The first-order chi connectivity index (χ1) is 14.4. The summed E-state index contributed by atoms with van der Waals surface area (Å²) in [6, 6.07) is 11.6. The largest absolute Gasteiger partial charge is 0.463 e. The summed E-state index contributed by atoms with van der Waals surface area (Å²) in [4.78, 5) is 25.6. The van der Waals surface area contributed by atoms with Gasteiger partial charge in [-0.2, -0.15) is 0 Å². The van der Waals surface area contributed by atoms with E-state index in [2.05, 4.69) is 27.9 Å². The van der Waals surface area contributed by atoms with Crippen LogP contribution in [0, 0.1) is 3.57 Å². The van der Waals surface area contributed by atoms with Crippen LogP contribution in [0.5, 0.6) is 0 Å². The Morgan fingerprint density at radius 2 is 1.47 bits per heavy atom. The minimum Gasteiger partial charge on any atom is -0.463 e. The fourth-order valence-electron chi connectivity index (χ4n) is 3.51. The molecule has 2 heterocycles. The first kappa shape index (κ1) is 22.1. The molecule has 2 aromatic rings. The molecule has 0 saturated heterocycles. The van der Waals surface area contributed by atoms with E-state index in [0.717, 1.165) is 9.13 Å². The number of esters is 2. The van der Waals surface area contributed by atoms with Crippen LogP contribution in [0.25, 0.3) is 11.3 Å². The lowest BCUT2D eigenvalue weighted by Crippen LogP contribution is -2.32. The molecule has 0 fully saturated rings. The molecule has 0 saturated carbocycles. The zero-order valence-electron chi connectivity index (χ0n) is 17.4. The summed E-state index contributed by atoms with van der Waals surface area (Å²) >= 11 is 2.24. The van der Waals surface area contributed by atoms with E-state index in [0.29, 0.717) is 34.1 Å². The molecule has 0 atom stereocenters. The van der Waals surface area contributed by atoms with Crippen LogP contribution in [0.2, 0.25) is 0 Å². The molecular weight excluding hydrogens is 497 g/mol. The minimum atomic E-state index is -0.720. The monoisotopic (exact) mass is 521 g/mol. The Labute approximate surface area is 189 Å². The SMILES string of the molecule is CCOC(=O)C1=C(C)NC(C)=C(C(=O)OCC)C1c1ccc(-c2ccc(I)cc2)o1. The lowest BCUT2D eigenvalue weighted by atomic mass is 9.83. The van der Waals surface area contributed by atoms with E-state index in [9.17, 15) is 9.59 Å². The molecule has 0 unspecified atom stereocenters. The molecule has 0 radical (unpaired) electrons. The molecule has 1 aromatic carbocycles. The Morgan fingerprint density at radius 1 is 0.933 bits per heavy atom. The van der Waals surface area contributed by atoms with Crippen molar-refractivity contribution in [2.75, 3.05) is 13.2 Å². The number of carbonyl (C=O) groups excluding carboxylic acids is 2. The van der Waals surface area contributed by atoms with Crippen LogP contribution in [0.4, 0.5) is 0 Å². The topological polar surface area (TPSA) is 77.8 Å². The lowest BCUT2D eigenvalue weighted by molar-refractivity contribution is -0.139. The highest BCUT2D eigenvalue weighted by atomic mass is 127. The second kappa shape index (κ2) is 9.51. The third kappa shape index (κ3) is 4.45. The summed E-state index contributed by atoms with van der Waals surface area (Å²) in [5, 5.41) is 3.12. The highest BCUT2D eigenvalue weighted by Gasteiger charge is 2.39. The van der Waals surface area contributed by atoms with Gasteiger partial charge in [0, 0.05) is 20.5 Å². The van der Waals surface area contributed by atoms with Gasteiger partial charge in [0.25, 0.3) is 0 Å². The summed E-state index contributed by atoms with van der Waals surface area (Å²) < 4.78 is 17.8. The average Bonchev–Trinajstić information content (AvgIpc) is 3.18. The van der Waals surface area contributed by atoms with Crippen molar-refractivity contribution in [3.8, 4) is 11.3 Å². The van der Waals surface area contributed by atoms with E-state index in [1.807, 2.05) is 30.3 Å². The molecule has 0 aliphatic carbocycles. The summed E-state index contributed by atoms with van der Waals surface area (Å²) in [7, 11) is 0. The first-order valence-electron chi connectivity index (χ1n) is 9.75. The smallest absolute Gasteiger partial charge is 0.336 e. The number of dihydropyridines is 1. The van der Waals surface area contributed by atoms with E-state index in [1.54, 1.807) is 33.8 Å². The van der Waals surface area contributed by atoms with Crippen LogP contribution in [0.3, 0.4) is 0 Å². The Kier molecular flexibility index (Phi) is 7.02. The number of halogens is 1. The number of nitrogens with one attached hydrogen (secondary N) is 1. The molecule has 6 nitrogen and oxygen atoms in total. The van der Waals surface area contributed by atoms with Crippen molar-refractivity contribution in [2.24, 2.45) is 0 Å². The van der Waals surface area contributed by atoms with Crippen molar-refractivity contribution < 1.29 is 23.5 Å². The number of furan rings is 1. The molecule has 0 spiro atoms. The molecule has 30 heavy (non-hydrogen) atoms. The number of carbonyl (C=O) groups is 2. The van der Waals surface area contributed by atoms with Gasteiger partial charge in [0.1, 0.15) is 11.5 Å². The Hall–Kier alpha value is -2.55. The van der Waals surface area contributed by atoms with Gasteiger partial charge in [0.05, 0.1) is 30.3 Å². The van der Waals surface area contributed by atoms with Gasteiger partial charge in [0.15, 0.2) is 0 Å². The third-order valence-corrected chi connectivity index (χ3v) is 5.51. The zero-order valence-corrected chi connectivity index (χ0v) is 19.5. The van der Waals surface area contributed by atoms with Gasteiger partial charge in [-0.15, -0.1) is 0 Å². The standard InChI is InChI=1S/C23H24INO5/c1-5-28-22(26)19-13(3)25-14(4)20(23(27)29-6-2)21(19)18-12-11-17(30-18)15-7-9-16(24)10-8-15/h7-12,21,25H,5-6H2,1-4H3. The van der Waals surface area contributed by atoms with Crippen molar-refractivity contribution >= 4 is 34.5 Å². The summed E-state index contributed by atoms with van der Waals surface area (Å²) in [6.45, 7) is 7.52. The van der Waals surface area contributed by atoms with Crippen LogP contribution in [-0.2, 0) is 19.1 Å². The molecular formula is C23H24INO5. The van der Waals surface area contributed by atoms with Crippen LogP contribution >= 0.6 is 22.6 Å². The van der Waals surface area contributed by atoms with Gasteiger partial charge in [0.2, 0.25) is 0 Å². The highest BCUT2D eigenvalue weighted by molar-refractivity contribution is 14.1. The fraction of sp³-hybridized carbons (Fsp3) is 0.304.